The molecule has 5 nitrogen and oxygen atoms in total. The lowest BCUT2D eigenvalue weighted by Gasteiger charge is -2.10. The van der Waals surface area contributed by atoms with E-state index < -0.39 is 0 Å². The van der Waals surface area contributed by atoms with Gasteiger partial charge in [0.2, 0.25) is 0 Å². The number of benzene rings is 1. The van der Waals surface area contributed by atoms with Crippen molar-refractivity contribution in [2.45, 2.75) is 58.2 Å². The van der Waals surface area contributed by atoms with Crippen LogP contribution in [0.1, 0.15) is 61.5 Å². The molecule has 1 amide bonds. The molecule has 1 fully saturated rings. The molecule has 0 aliphatic heterocycles. The Morgan fingerprint density at radius 2 is 1.96 bits per heavy atom. The Balaban J connectivity index is 1.52. The summed E-state index contributed by atoms with van der Waals surface area (Å²) in [5.74, 6) is 1.21. The Hall–Kier alpha value is -2.30. The lowest BCUT2D eigenvalue weighted by Crippen LogP contribution is -2.32. The van der Waals surface area contributed by atoms with Crippen molar-refractivity contribution < 1.29 is 9.53 Å². The van der Waals surface area contributed by atoms with E-state index in [0.29, 0.717) is 17.7 Å². The fourth-order valence-corrected chi connectivity index (χ4v) is 2.97. The largest absolute Gasteiger partial charge is 0.471 e. The van der Waals surface area contributed by atoms with Crippen LogP contribution in [-0.4, -0.2) is 21.7 Å². The molecule has 3 rings (SSSR count). The molecule has 2 aromatic rings. The maximum Gasteiger partial charge on any atom is 0.271 e. The van der Waals surface area contributed by atoms with Gasteiger partial charge in [0, 0.05) is 12.2 Å². The van der Waals surface area contributed by atoms with Crippen LogP contribution in [0.25, 0.3) is 0 Å². The summed E-state index contributed by atoms with van der Waals surface area (Å²) in [5, 5.41) is 7.34. The van der Waals surface area contributed by atoms with Crippen LogP contribution in [0, 0.1) is 0 Å². The molecule has 1 aliphatic rings. The molecule has 128 valence electrons. The van der Waals surface area contributed by atoms with Crippen LogP contribution < -0.4 is 10.1 Å². The average Bonchev–Trinajstić information content (AvgIpc) is 3.25. The lowest BCUT2D eigenvalue weighted by molar-refractivity contribution is 0.0930. The normalized spacial score (nSPS) is 15.0. The maximum absolute atomic E-state index is 12.2. The summed E-state index contributed by atoms with van der Waals surface area (Å²) in [6.07, 6.45) is 6.31. The summed E-state index contributed by atoms with van der Waals surface area (Å²) < 4.78 is 7.36. The summed E-state index contributed by atoms with van der Waals surface area (Å²) >= 11 is 0. The van der Waals surface area contributed by atoms with Crippen molar-refractivity contribution in [2.75, 3.05) is 0 Å². The second kappa shape index (κ2) is 7.51. The topological polar surface area (TPSA) is 56.1 Å². The molecule has 1 saturated carbocycles. The average molecular weight is 327 g/mol. The highest BCUT2D eigenvalue weighted by atomic mass is 16.5. The van der Waals surface area contributed by atoms with Crippen LogP contribution in [0.15, 0.2) is 36.5 Å². The smallest absolute Gasteiger partial charge is 0.271 e. The number of hydrogen-bond donors (Lipinski definition) is 1. The van der Waals surface area contributed by atoms with Crippen LogP contribution in [0.5, 0.6) is 5.75 Å². The van der Waals surface area contributed by atoms with Gasteiger partial charge in [0.05, 0.1) is 0 Å². The van der Waals surface area contributed by atoms with Gasteiger partial charge in [-0.2, -0.15) is 5.10 Å². The van der Waals surface area contributed by atoms with E-state index in [1.807, 2.05) is 12.1 Å². The van der Waals surface area contributed by atoms with Gasteiger partial charge in [0.25, 0.3) is 5.91 Å². The van der Waals surface area contributed by atoms with Crippen molar-refractivity contribution in [3.8, 4) is 5.75 Å². The second-order valence-electron chi connectivity index (χ2n) is 6.69. The van der Waals surface area contributed by atoms with E-state index in [-0.39, 0.29) is 12.6 Å². The summed E-state index contributed by atoms with van der Waals surface area (Å²) in [4.78, 5) is 12.2. The quantitative estimate of drug-likeness (QED) is 0.880. The zero-order chi connectivity index (χ0) is 16.9. The SMILES string of the molecule is CC(C)c1ccc(OCn2ccc(C(=O)NC3CCCC3)n2)cc1. The van der Waals surface area contributed by atoms with Crippen LogP contribution in [0.3, 0.4) is 0 Å². The van der Waals surface area contributed by atoms with Crippen LogP contribution in [0.4, 0.5) is 0 Å². The molecule has 1 N–H and O–H groups in total. The number of ether oxygens (including phenoxy) is 1. The van der Waals surface area contributed by atoms with Gasteiger partial charge in [-0.15, -0.1) is 0 Å². The molecule has 0 spiro atoms. The number of hydrogen-bond acceptors (Lipinski definition) is 3. The van der Waals surface area contributed by atoms with E-state index in [4.69, 9.17) is 4.74 Å². The third kappa shape index (κ3) is 4.16. The minimum Gasteiger partial charge on any atom is -0.471 e. The predicted octanol–water partition coefficient (Wildman–Crippen LogP) is 3.72. The van der Waals surface area contributed by atoms with Gasteiger partial charge in [0.1, 0.15) is 11.4 Å². The van der Waals surface area contributed by atoms with Gasteiger partial charge in [-0.25, -0.2) is 4.68 Å². The molecule has 1 aliphatic carbocycles. The summed E-state index contributed by atoms with van der Waals surface area (Å²) in [7, 11) is 0. The molecular formula is C19H25N3O2. The highest BCUT2D eigenvalue weighted by Gasteiger charge is 2.19. The fraction of sp³-hybridized carbons (Fsp3) is 0.474. The number of aromatic nitrogens is 2. The van der Waals surface area contributed by atoms with Gasteiger partial charge in [-0.3, -0.25) is 4.79 Å². The maximum atomic E-state index is 12.2. The Morgan fingerprint density at radius 1 is 1.25 bits per heavy atom. The Kier molecular flexibility index (Phi) is 5.18. The van der Waals surface area contributed by atoms with Gasteiger partial charge in [-0.1, -0.05) is 38.8 Å². The van der Waals surface area contributed by atoms with Crippen molar-refractivity contribution >= 4 is 5.91 Å². The predicted molar refractivity (Wildman–Crippen MR) is 93.1 cm³/mol. The molecule has 5 heteroatoms. The third-order valence-corrected chi connectivity index (χ3v) is 4.47. The molecule has 1 aromatic carbocycles. The van der Waals surface area contributed by atoms with E-state index in [9.17, 15) is 4.79 Å². The monoisotopic (exact) mass is 327 g/mol. The lowest BCUT2D eigenvalue weighted by atomic mass is 10.0. The zero-order valence-corrected chi connectivity index (χ0v) is 14.4. The van der Waals surface area contributed by atoms with E-state index in [1.54, 1.807) is 16.9 Å². The van der Waals surface area contributed by atoms with E-state index in [0.717, 1.165) is 18.6 Å². The van der Waals surface area contributed by atoms with Crippen molar-refractivity contribution in [2.24, 2.45) is 0 Å². The van der Waals surface area contributed by atoms with Crippen LogP contribution in [0.2, 0.25) is 0 Å². The van der Waals surface area contributed by atoms with Crippen LogP contribution in [-0.2, 0) is 6.73 Å². The number of amides is 1. The fourth-order valence-electron chi connectivity index (χ4n) is 2.97. The highest BCUT2D eigenvalue weighted by molar-refractivity contribution is 5.92. The first-order chi connectivity index (χ1) is 11.6. The van der Waals surface area contributed by atoms with Crippen molar-refractivity contribution in [1.82, 2.24) is 15.1 Å². The molecule has 1 aromatic heterocycles. The first-order valence-corrected chi connectivity index (χ1v) is 8.69. The van der Waals surface area contributed by atoms with Crippen molar-refractivity contribution in [1.29, 1.82) is 0 Å². The zero-order valence-electron chi connectivity index (χ0n) is 14.4. The second-order valence-corrected chi connectivity index (χ2v) is 6.69. The standard InChI is InChI=1S/C19H25N3O2/c1-14(2)15-7-9-17(10-8-15)24-13-22-12-11-18(21-22)19(23)20-16-5-3-4-6-16/h7-12,14,16H,3-6,13H2,1-2H3,(H,20,23). The number of nitrogens with one attached hydrogen (secondary N) is 1. The Labute approximate surface area is 143 Å². The summed E-state index contributed by atoms with van der Waals surface area (Å²) in [5.41, 5.74) is 1.73. The number of rotatable bonds is 6. The molecule has 0 bridgehead atoms. The minimum absolute atomic E-state index is 0.0954. The van der Waals surface area contributed by atoms with Gasteiger partial charge >= 0.3 is 0 Å². The Bertz CT molecular complexity index is 670. The van der Waals surface area contributed by atoms with E-state index >= 15 is 0 Å². The molecular weight excluding hydrogens is 302 g/mol. The van der Waals surface area contributed by atoms with Gasteiger partial charge in [-0.05, 0) is 42.5 Å². The third-order valence-electron chi connectivity index (χ3n) is 4.47. The summed E-state index contributed by atoms with van der Waals surface area (Å²) in [6.45, 7) is 4.62. The first kappa shape index (κ1) is 16.6. The summed E-state index contributed by atoms with van der Waals surface area (Å²) in [6, 6.07) is 10.1. The molecule has 1 heterocycles. The van der Waals surface area contributed by atoms with Crippen molar-refractivity contribution in [3.05, 3.63) is 47.8 Å². The van der Waals surface area contributed by atoms with Crippen molar-refractivity contribution in [3.63, 3.8) is 0 Å². The first-order valence-electron chi connectivity index (χ1n) is 8.69. The number of carbonyl (C=O) groups excluding carboxylic acids is 1. The molecule has 0 atom stereocenters. The number of nitrogens with zero attached hydrogens (tertiary/aromatic N) is 2. The van der Waals surface area contributed by atoms with E-state index in [1.165, 1.54) is 18.4 Å². The van der Waals surface area contributed by atoms with Gasteiger partial charge in [0.15, 0.2) is 6.73 Å². The van der Waals surface area contributed by atoms with E-state index in [2.05, 4.69) is 36.4 Å². The molecule has 0 unspecified atom stereocenters. The highest BCUT2D eigenvalue weighted by Crippen LogP contribution is 2.19. The van der Waals surface area contributed by atoms with Crippen LogP contribution >= 0.6 is 0 Å². The number of carbonyl (C=O) groups is 1. The Morgan fingerprint density at radius 3 is 2.62 bits per heavy atom. The molecule has 24 heavy (non-hydrogen) atoms. The van der Waals surface area contributed by atoms with Gasteiger partial charge < -0.3 is 10.1 Å². The molecule has 0 radical (unpaired) electrons. The minimum atomic E-state index is -0.0954. The molecule has 0 saturated heterocycles.